The lowest BCUT2D eigenvalue weighted by Gasteiger charge is -2.16. The summed E-state index contributed by atoms with van der Waals surface area (Å²) in [7, 11) is 2.97. The number of carbonyl (C=O) groups excluding carboxylic acids is 2. The second kappa shape index (κ2) is 10.0. The molecule has 0 atom stereocenters. The smallest absolute Gasteiger partial charge is 0.257 e. The fraction of sp³-hybridized carbons (Fsp3) is 0.111. The first-order valence-electron chi connectivity index (χ1n) is 10.6. The summed E-state index contributed by atoms with van der Waals surface area (Å²) in [5.41, 5.74) is 3.33. The molecule has 0 fully saturated rings. The van der Waals surface area contributed by atoms with Crippen LogP contribution in [0.4, 0.5) is 11.4 Å². The van der Waals surface area contributed by atoms with Crippen LogP contribution in [0.3, 0.4) is 0 Å². The Morgan fingerprint density at radius 1 is 0.882 bits per heavy atom. The molecule has 0 aliphatic heterocycles. The lowest BCUT2D eigenvalue weighted by Crippen LogP contribution is -2.19. The average Bonchev–Trinajstić information content (AvgIpc) is 2.88. The van der Waals surface area contributed by atoms with Gasteiger partial charge in [0.15, 0.2) is 11.5 Å². The SMILES string of the molecule is [CH2]Cc1ccc(NC(=O)c2cc(OC)c(OC)cc2NC(=O)c2cnc3ccccc3c2)cc1. The largest absolute Gasteiger partial charge is 0.493 e. The molecule has 2 amide bonds. The molecule has 7 heteroatoms. The van der Waals surface area contributed by atoms with Crippen molar-refractivity contribution in [1.29, 1.82) is 0 Å². The number of ether oxygens (including phenoxy) is 2. The summed E-state index contributed by atoms with van der Waals surface area (Å²) in [4.78, 5) is 30.6. The van der Waals surface area contributed by atoms with Gasteiger partial charge >= 0.3 is 0 Å². The molecule has 171 valence electrons. The summed E-state index contributed by atoms with van der Waals surface area (Å²) < 4.78 is 10.7. The quantitative estimate of drug-likeness (QED) is 0.404. The molecule has 0 bridgehead atoms. The first kappa shape index (κ1) is 22.8. The van der Waals surface area contributed by atoms with E-state index in [1.165, 1.54) is 26.5 Å². The Kier molecular flexibility index (Phi) is 6.73. The fourth-order valence-electron chi connectivity index (χ4n) is 3.51. The van der Waals surface area contributed by atoms with Crippen molar-refractivity contribution in [2.75, 3.05) is 24.9 Å². The maximum Gasteiger partial charge on any atom is 0.257 e. The molecular formula is C27H24N3O4. The summed E-state index contributed by atoms with van der Waals surface area (Å²) in [5, 5.41) is 6.51. The number of methoxy groups -OCH3 is 2. The van der Waals surface area contributed by atoms with E-state index < -0.39 is 11.8 Å². The third-order valence-electron chi connectivity index (χ3n) is 5.37. The number of nitrogens with one attached hydrogen (secondary N) is 2. The van der Waals surface area contributed by atoms with Crippen molar-refractivity contribution < 1.29 is 19.1 Å². The van der Waals surface area contributed by atoms with Crippen LogP contribution in [0.5, 0.6) is 11.5 Å². The van der Waals surface area contributed by atoms with Crippen molar-refractivity contribution in [3.05, 3.63) is 96.5 Å². The van der Waals surface area contributed by atoms with Crippen LogP contribution in [0.25, 0.3) is 10.9 Å². The number of fused-ring (bicyclic) bond motifs is 1. The zero-order valence-electron chi connectivity index (χ0n) is 18.9. The van der Waals surface area contributed by atoms with Crippen molar-refractivity contribution in [2.24, 2.45) is 0 Å². The molecule has 0 aliphatic carbocycles. The second-order valence-electron chi connectivity index (χ2n) is 7.52. The Balaban J connectivity index is 1.66. The number of hydrogen-bond acceptors (Lipinski definition) is 5. The molecule has 7 nitrogen and oxygen atoms in total. The lowest BCUT2D eigenvalue weighted by molar-refractivity contribution is 0.102. The van der Waals surface area contributed by atoms with Crippen LogP contribution in [0.1, 0.15) is 26.3 Å². The Hall–Kier alpha value is -4.39. The summed E-state index contributed by atoms with van der Waals surface area (Å²) >= 11 is 0. The van der Waals surface area contributed by atoms with Crippen LogP contribution in [0.15, 0.2) is 72.9 Å². The van der Waals surface area contributed by atoms with E-state index in [1.807, 2.05) is 36.4 Å². The molecule has 4 aromatic rings. The van der Waals surface area contributed by atoms with Crippen LogP contribution in [-0.2, 0) is 6.42 Å². The Morgan fingerprint density at radius 3 is 2.29 bits per heavy atom. The van der Waals surface area contributed by atoms with E-state index in [4.69, 9.17) is 9.47 Å². The number of rotatable bonds is 7. The van der Waals surface area contributed by atoms with Gasteiger partial charge < -0.3 is 20.1 Å². The summed E-state index contributed by atoms with van der Waals surface area (Å²) in [5.74, 6) is -0.0641. The highest BCUT2D eigenvalue weighted by Gasteiger charge is 2.20. The van der Waals surface area contributed by atoms with Gasteiger partial charge in [0.1, 0.15) is 0 Å². The van der Waals surface area contributed by atoms with Crippen molar-refractivity contribution >= 4 is 34.1 Å². The van der Waals surface area contributed by atoms with E-state index in [1.54, 1.807) is 24.3 Å². The molecule has 0 unspecified atom stereocenters. The first-order chi connectivity index (χ1) is 16.5. The van der Waals surface area contributed by atoms with Crippen LogP contribution in [0, 0.1) is 6.92 Å². The van der Waals surface area contributed by atoms with Crippen molar-refractivity contribution in [3.63, 3.8) is 0 Å². The standard InChI is InChI=1S/C27H24N3O4/c1-4-17-9-11-20(12-10-17)29-27(32)21-14-24(33-2)25(34-3)15-23(21)30-26(31)19-13-18-7-5-6-8-22(18)28-16-19/h5-16H,1,4H2,2-3H3,(H,29,32)(H,30,31). The van der Waals surface area contributed by atoms with Gasteiger partial charge in [0, 0.05) is 23.3 Å². The van der Waals surface area contributed by atoms with E-state index in [-0.39, 0.29) is 11.3 Å². The molecule has 0 saturated carbocycles. The normalized spacial score (nSPS) is 10.6. The maximum atomic E-state index is 13.2. The molecule has 2 N–H and O–H groups in total. The summed E-state index contributed by atoms with van der Waals surface area (Å²) in [6, 6.07) is 19.8. The number of aromatic nitrogens is 1. The van der Waals surface area contributed by atoms with Crippen LogP contribution in [0.2, 0.25) is 0 Å². The van der Waals surface area contributed by atoms with Gasteiger partial charge in [0.05, 0.1) is 36.6 Å². The first-order valence-corrected chi connectivity index (χ1v) is 10.6. The van der Waals surface area contributed by atoms with Crippen molar-refractivity contribution in [1.82, 2.24) is 4.98 Å². The minimum absolute atomic E-state index is 0.223. The van der Waals surface area contributed by atoms with E-state index >= 15 is 0 Å². The zero-order valence-corrected chi connectivity index (χ0v) is 18.9. The molecule has 1 radical (unpaired) electrons. The molecule has 0 aliphatic rings. The topological polar surface area (TPSA) is 89.5 Å². The van der Waals surface area contributed by atoms with E-state index in [0.29, 0.717) is 29.2 Å². The van der Waals surface area contributed by atoms with Gasteiger partial charge in [-0.05, 0) is 49.2 Å². The third kappa shape index (κ3) is 4.83. The van der Waals surface area contributed by atoms with Crippen LogP contribution in [-0.4, -0.2) is 31.0 Å². The highest BCUT2D eigenvalue weighted by molar-refractivity contribution is 6.13. The Bertz CT molecular complexity index is 1350. The number of anilines is 2. The monoisotopic (exact) mass is 454 g/mol. The predicted molar refractivity (Wildman–Crippen MR) is 133 cm³/mol. The van der Waals surface area contributed by atoms with Gasteiger partial charge in [0.25, 0.3) is 11.8 Å². The summed E-state index contributed by atoms with van der Waals surface area (Å²) in [6.07, 6.45) is 2.16. The highest BCUT2D eigenvalue weighted by Crippen LogP contribution is 2.34. The number of hydrogen-bond donors (Lipinski definition) is 2. The third-order valence-corrected chi connectivity index (χ3v) is 5.37. The van der Waals surface area contributed by atoms with Gasteiger partial charge in [-0.3, -0.25) is 14.6 Å². The summed E-state index contributed by atoms with van der Waals surface area (Å²) in [6.45, 7) is 3.85. The minimum Gasteiger partial charge on any atom is -0.493 e. The van der Waals surface area contributed by atoms with E-state index in [2.05, 4.69) is 22.5 Å². The molecule has 1 heterocycles. The number of carbonyl (C=O) groups is 2. The number of benzene rings is 3. The molecule has 3 aromatic carbocycles. The lowest BCUT2D eigenvalue weighted by atomic mass is 10.1. The Labute approximate surface area is 197 Å². The van der Waals surface area contributed by atoms with E-state index in [9.17, 15) is 9.59 Å². The predicted octanol–water partition coefficient (Wildman–Crippen LogP) is 5.13. The maximum absolute atomic E-state index is 13.2. The van der Waals surface area contributed by atoms with Gasteiger partial charge in [-0.1, -0.05) is 30.3 Å². The number of para-hydroxylation sites is 1. The van der Waals surface area contributed by atoms with Gasteiger partial charge in [-0.2, -0.15) is 0 Å². The highest BCUT2D eigenvalue weighted by atomic mass is 16.5. The fourth-order valence-corrected chi connectivity index (χ4v) is 3.51. The molecule has 0 spiro atoms. The molecule has 34 heavy (non-hydrogen) atoms. The molecule has 1 aromatic heterocycles. The minimum atomic E-state index is -0.407. The number of nitrogens with zero attached hydrogens (tertiary/aromatic N) is 1. The number of amides is 2. The van der Waals surface area contributed by atoms with Gasteiger partial charge in [-0.25, -0.2) is 0 Å². The number of pyridine rings is 1. The van der Waals surface area contributed by atoms with E-state index in [0.717, 1.165) is 16.5 Å². The van der Waals surface area contributed by atoms with Gasteiger partial charge in [0.2, 0.25) is 0 Å². The van der Waals surface area contributed by atoms with Crippen molar-refractivity contribution in [2.45, 2.75) is 6.42 Å². The zero-order chi connectivity index (χ0) is 24.1. The van der Waals surface area contributed by atoms with Crippen LogP contribution >= 0.6 is 0 Å². The Morgan fingerprint density at radius 2 is 1.59 bits per heavy atom. The molecule has 4 rings (SSSR count). The second-order valence-corrected chi connectivity index (χ2v) is 7.52. The molecular weight excluding hydrogens is 430 g/mol. The van der Waals surface area contributed by atoms with Crippen molar-refractivity contribution in [3.8, 4) is 11.5 Å². The van der Waals surface area contributed by atoms with Gasteiger partial charge in [-0.15, -0.1) is 0 Å². The average molecular weight is 455 g/mol. The molecule has 0 saturated heterocycles. The van der Waals surface area contributed by atoms with Crippen LogP contribution < -0.4 is 20.1 Å².